The molecule has 1 aromatic carbocycles. The number of likely N-dealkylation sites (tertiary alicyclic amines) is 1. The van der Waals surface area contributed by atoms with Crippen LogP contribution < -0.4 is 5.73 Å². The number of hydrogen-bond donors (Lipinski definition) is 1. The van der Waals surface area contributed by atoms with Gasteiger partial charge in [-0.3, -0.25) is 4.90 Å². The van der Waals surface area contributed by atoms with Crippen molar-refractivity contribution in [3.05, 3.63) is 35.1 Å². The second kappa shape index (κ2) is 6.02. The first kappa shape index (κ1) is 14.5. The zero-order valence-electron chi connectivity index (χ0n) is 12.2. The van der Waals surface area contributed by atoms with Gasteiger partial charge in [0.1, 0.15) is 5.82 Å². The van der Waals surface area contributed by atoms with E-state index in [1.807, 2.05) is 13.0 Å². The molecule has 1 fully saturated rings. The van der Waals surface area contributed by atoms with Crippen LogP contribution in [0.15, 0.2) is 18.2 Å². The Hall–Kier alpha value is -0.930. The maximum atomic E-state index is 13.5. The second-order valence-corrected chi connectivity index (χ2v) is 5.69. The summed E-state index contributed by atoms with van der Waals surface area (Å²) in [4.78, 5) is 2.50. The van der Waals surface area contributed by atoms with Crippen LogP contribution in [0.25, 0.3) is 0 Å². The van der Waals surface area contributed by atoms with Gasteiger partial charge in [-0.1, -0.05) is 13.0 Å². The number of halogens is 1. The van der Waals surface area contributed by atoms with E-state index in [2.05, 4.69) is 18.7 Å². The zero-order chi connectivity index (χ0) is 14.0. The summed E-state index contributed by atoms with van der Waals surface area (Å²) in [5.41, 5.74) is 8.20. The summed E-state index contributed by atoms with van der Waals surface area (Å²) < 4.78 is 13.5. The molecule has 0 aromatic heterocycles. The minimum atomic E-state index is -0.168. The third-order valence-corrected chi connectivity index (χ3v) is 4.50. The molecule has 106 valence electrons. The van der Waals surface area contributed by atoms with Crippen LogP contribution in [-0.4, -0.2) is 23.5 Å². The molecular formula is C16H25FN2. The average molecular weight is 264 g/mol. The fraction of sp³-hybridized carbons (Fsp3) is 0.625. The highest BCUT2D eigenvalue weighted by atomic mass is 19.1. The van der Waals surface area contributed by atoms with Crippen LogP contribution in [0, 0.1) is 12.7 Å². The van der Waals surface area contributed by atoms with E-state index in [0.29, 0.717) is 18.6 Å². The largest absolute Gasteiger partial charge is 0.329 e. The summed E-state index contributed by atoms with van der Waals surface area (Å²) in [7, 11) is 0. The van der Waals surface area contributed by atoms with Gasteiger partial charge in [0.05, 0.1) is 0 Å². The van der Waals surface area contributed by atoms with Gasteiger partial charge in [-0.2, -0.15) is 0 Å². The number of nitrogens with zero attached hydrogens (tertiary/aromatic N) is 1. The van der Waals surface area contributed by atoms with E-state index in [1.165, 1.54) is 18.9 Å². The molecule has 1 aliphatic heterocycles. The average Bonchev–Trinajstić information content (AvgIpc) is 2.76. The minimum Gasteiger partial charge on any atom is -0.329 e. The normalized spacial score (nSPS) is 25.7. The highest BCUT2D eigenvalue weighted by Gasteiger charge is 2.35. The predicted octanol–water partition coefficient (Wildman–Crippen LogP) is 3.40. The molecule has 0 radical (unpaired) electrons. The first-order valence-electron chi connectivity index (χ1n) is 7.32. The van der Waals surface area contributed by atoms with E-state index in [9.17, 15) is 4.39 Å². The van der Waals surface area contributed by atoms with Crippen molar-refractivity contribution in [1.29, 1.82) is 0 Å². The molecule has 2 rings (SSSR count). The van der Waals surface area contributed by atoms with Crippen LogP contribution in [0.1, 0.15) is 50.3 Å². The van der Waals surface area contributed by atoms with Gasteiger partial charge in [-0.05, 0) is 56.4 Å². The van der Waals surface area contributed by atoms with Gasteiger partial charge < -0.3 is 5.73 Å². The van der Waals surface area contributed by atoms with Crippen molar-refractivity contribution in [2.24, 2.45) is 5.73 Å². The lowest BCUT2D eigenvalue weighted by molar-refractivity contribution is 0.136. The molecule has 1 saturated heterocycles. The van der Waals surface area contributed by atoms with E-state index in [-0.39, 0.29) is 11.9 Å². The SMILES string of the molecule is CCC1CCC(C)N1C(CN)c1cc(F)ccc1C. The van der Waals surface area contributed by atoms with Gasteiger partial charge in [0.15, 0.2) is 0 Å². The van der Waals surface area contributed by atoms with Crippen molar-refractivity contribution in [2.45, 2.75) is 58.2 Å². The van der Waals surface area contributed by atoms with Gasteiger partial charge >= 0.3 is 0 Å². The Balaban J connectivity index is 2.35. The summed E-state index contributed by atoms with van der Waals surface area (Å²) >= 11 is 0. The highest BCUT2D eigenvalue weighted by molar-refractivity contribution is 5.30. The van der Waals surface area contributed by atoms with Gasteiger partial charge in [0, 0.05) is 24.7 Å². The van der Waals surface area contributed by atoms with Crippen molar-refractivity contribution in [2.75, 3.05) is 6.54 Å². The van der Waals surface area contributed by atoms with Gasteiger partial charge in [-0.25, -0.2) is 4.39 Å². The molecule has 0 bridgehead atoms. The first-order valence-corrected chi connectivity index (χ1v) is 7.32. The molecule has 0 saturated carbocycles. The molecule has 0 amide bonds. The Labute approximate surface area is 115 Å². The van der Waals surface area contributed by atoms with Crippen LogP contribution in [0.3, 0.4) is 0 Å². The number of benzene rings is 1. The smallest absolute Gasteiger partial charge is 0.123 e. The van der Waals surface area contributed by atoms with Crippen LogP contribution >= 0.6 is 0 Å². The predicted molar refractivity (Wildman–Crippen MR) is 77.5 cm³/mol. The lowest BCUT2D eigenvalue weighted by Gasteiger charge is -2.36. The molecule has 19 heavy (non-hydrogen) atoms. The lowest BCUT2D eigenvalue weighted by atomic mass is 9.98. The molecule has 0 spiro atoms. The van der Waals surface area contributed by atoms with E-state index in [4.69, 9.17) is 5.73 Å². The molecule has 2 N–H and O–H groups in total. The molecule has 3 atom stereocenters. The third-order valence-electron chi connectivity index (χ3n) is 4.50. The topological polar surface area (TPSA) is 29.3 Å². The summed E-state index contributed by atoms with van der Waals surface area (Å²) in [5.74, 6) is -0.168. The fourth-order valence-corrected chi connectivity index (χ4v) is 3.45. The number of nitrogens with two attached hydrogens (primary N) is 1. The Morgan fingerprint density at radius 3 is 2.79 bits per heavy atom. The zero-order valence-corrected chi connectivity index (χ0v) is 12.2. The third kappa shape index (κ3) is 2.82. The number of hydrogen-bond acceptors (Lipinski definition) is 2. The summed E-state index contributed by atoms with van der Waals surface area (Å²) in [6.07, 6.45) is 3.57. The summed E-state index contributed by atoms with van der Waals surface area (Å²) in [5, 5.41) is 0. The Bertz CT molecular complexity index is 433. The van der Waals surface area contributed by atoms with Crippen molar-refractivity contribution < 1.29 is 4.39 Å². The summed E-state index contributed by atoms with van der Waals surface area (Å²) in [6, 6.07) is 6.28. The van der Waals surface area contributed by atoms with Gasteiger partial charge in [0.25, 0.3) is 0 Å². The molecule has 0 aliphatic carbocycles. The highest BCUT2D eigenvalue weighted by Crippen LogP contribution is 2.35. The molecule has 3 unspecified atom stereocenters. The van der Waals surface area contributed by atoms with Gasteiger partial charge in [0.2, 0.25) is 0 Å². The molecule has 2 nitrogen and oxygen atoms in total. The quantitative estimate of drug-likeness (QED) is 0.903. The maximum Gasteiger partial charge on any atom is 0.123 e. The first-order chi connectivity index (χ1) is 9.08. The van der Waals surface area contributed by atoms with E-state index < -0.39 is 0 Å². The van der Waals surface area contributed by atoms with Crippen molar-refractivity contribution in [1.82, 2.24) is 4.90 Å². The molecule has 1 heterocycles. The Morgan fingerprint density at radius 2 is 2.16 bits per heavy atom. The molecule has 1 aliphatic rings. The Morgan fingerprint density at radius 1 is 1.42 bits per heavy atom. The summed E-state index contributed by atoms with van der Waals surface area (Å²) in [6.45, 7) is 7.07. The monoisotopic (exact) mass is 264 g/mol. The molecular weight excluding hydrogens is 239 g/mol. The van der Waals surface area contributed by atoms with Crippen LogP contribution in [0.4, 0.5) is 4.39 Å². The molecule has 3 heteroatoms. The van der Waals surface area contributed by atoms with Crippen LogP contribution in [0.5, 0.6) is 0 Å². The van der Waals surface area contributed by atoms with Crippen molar-refractivity contribution in [3.63, 3.8) is 0 Å². The van der Waals surface area contributed by atoms with Crippen molar-refractivity contribution in [3.8, 4) is 0 Å². The van der Waals surface area contributed by atoms with E-state index in [1.54, 1.807) is 6.07 Å². The van der Waals surface area contributed by atoms with E-state index in [0.717, 1.165) is 17.5 Å². The standard InChI is InChI=1S/C16H25FN2/c1-4-14-8-6-12(3)19(14)16(10-18)15-9-13(17)7-5-11(15)2/h5,7,9,12,14,16H,4,6,8,10,18H2,1-3H3. The van der Waals surface area contributed by atoms with Gasteiger partial charge in [-0.15, -0.1) is 0 Å². The van der Waals surface area contributed by atoms with E-state index >= 15 is 0 Å². The lowest BCUT2D eigenvalue weighted by Crippen LogP contribution is -2.41. The molecule has 1 aromatic rings. The van der Waals surface area contributed by atoms with Crippen LogP contribution in [-0.2, 0) is 0 Å². The van der Waals surface area contributed by atoms with Crippen molar-refractivity contribution >= 4 is 0 Å². The van der Waals surface area contributed by atoms with Crippen LogP contribution in [0.2, 0.25) is 0 Å². The number of aryl methyl sites for hydroxylation is 1. The maximum absolute atomic E-state index is 13.5. The fourth-order valence-electron chi connectivity index (χ4n) is 3.45. The minimum absolute atomic E-state index is 0.137. The second-order valence-electron chi connectivity index (χ2n) is 5.69. The Kier molecular flexibility index (Phi) is 4.58. The number of rotatable bonds is 4.